The van der Waals surface area contributed by atoms with Gasteiger partial charge in [-0.15, -0.1) is 0 Å². The zero-order valence-electron chi connectivity index (χ0n) is 19.0. The van der Waals surface area contributed by atoms with Gasteiger partial charge in [0.05, 0.1) is 6.61 Å². The second kappa shape index (κ2) is 9.86. The molecule has 0 bridgehead atoms. The van der Waals surface area contributed by atoms with E-state index in [0.29, 0.717) is 18.7 Å². The Morgan fingerprint density at radius 3 is 2.55 bits per heavy atom. The summed E-state index contributed by atoms with van der Waals surface area (Å²) >= 11 is 0. The lowest BCUT2D eigenvalue weighted by atomic mass is 10.0. The fraction of sp³-hybridized carbons (Fsp3) is 0.440. The average Bonchev–Trinajstić information content (AvgIpc) is 3.09. The third-order valence-corrected chi connectivity index (χ3v) is 5.38. The standard InChI is InChI=1S/C25H32N2O4/c1-6-30-21-12-19-11-17(5)31-22(19)13-20(21)14-26-25(29)23(15(2)3)27-24(28)18-9-7-16(4)8-10-18/h7-10,12-13,15,17,23H,6,11,14H2,1-5H3,(H,26,29)(H,27,28)/t17?,23-/m0/s1. The molecule has 0 aliphatic carbocycles. The van der Waals surface area contributed by atoms with Crippen LogP contribution in [0, 0.1) is 12.8 Å². The zero-order valence-corrected chi connectivity index (χ0v) is 19.0. The van der Waals surface area contributed by atoms with Crippen molar-refractivity contribution >= 4 is 11.8 Å². The number of carbonyl (C=O) groups excluding carboxylic acids is 2. The third-order valence-electron chi connectivity index (χ3n) is 5.38. The van der Waals surface area contributed by atoms with E-state index in [-0.39, 0.29) is 23.8 Å². The summed E-state index contributed by atoms with van der Waals surface area (Å²) in [7, 11) is 0. The molecule has 2 atom stereocenters. The lowest BCUT2D eigenvalue weighted by molar-refractivity contribution is -0.124. The Morgan fingerprint density at radius 1 is 1.19 bits per heavy atom. The van der Waals surface area contributed by atoms with Crippen LogP contribution in [0.3, 0.4) is 0 Å². The number of aryl methyl sites for hydroxylation is 1. The predicted octanol–water partition coefficient (Wildman–Crippen LogP) is 3.79. The topological polar surface area (TPSA) is 76.7 Å². The smallest absolute Gasteiger partial charge is 0.251 e. The maximum atomic E-state index is 12.9. The number of nitrogens with one attached hydrogen (secondary N) is 2. The molecule has 31 heavy (non-hydrogen) atoms. The SMILES string of the molecule is CCOc1cc2c(cc1CNC(=O)[C@@H](NC(=O)c1ccc(C)cc1)C(C)C)OC(C)C2. The first-order valence-corrected chi connectivity index (χ1v) is 10.9. The quantitative estimate of drug-likeness (QED) is 0.676. The second-order valence-electron chi connectivity index (χ2n) is 8.41. The first-order valence-electron chi connectivity index (χ1n) is 10.9. The van der Waals surface area contributed by atoms with E-state index in [1.54, 1.807) is 12.1 Å². The highest BCUT2D eigenvalue weighted by Gasteiger charge is 2.26. The summed E-state index contributed by atoms with van der Waals surface area (Å²) in [5, 5.41) is 5.83. The van der Waals surface area contributed by atoms with Gasteiger partial charge in [-0.3, -0.25) is 9.59 Å². The van der Waals surface area contributed by atoms with Gasteiger partial charge in [0.25, 0.3) is 5.91 Å². The number of hydrogen-bond acceptors (Lipinski definition) is 4. The van der Waals surface area contributed by atoms with E-state index in [0.717, 1.165) is 34.6 Å². The highest BCUT2D eigenvalue weighted by molar-refractivity contribution is 5.97. The maximum absolute atomic E-state index is 12.9. The van der Waals surface area contributed by atoms with Crippen molar-refractivity contribution in [2.24, 2.45) is 5.92 Å². The summed E-state index contributed by atoms with van der Waals surface area (Å²) in [5.41, 5.74) is 3.59. The average molecular weight is 425 g/mol. The molecule has 166 valence electrons. The second-order valence-corrected chi connectivity index (χ2v) is 8.41. The van der Waals surface area contributed by atoms with E-state index in [2.05, 4.69) is 10.6 Å². The lowest BCUT2D eigenvalue weighted by Gasteiger charge is -2.22. The molecule has 6 heteroatoms. The number of benzene rings is 2. The minimum Gasteiger partial charge on any atom is -0.494 e. The van der Waals surface area contributed by atoms with E-state index in [1.807, 2.05) is 58.9 Å². The molecule has 2 N–H and O–H groups in total. The third kappa shape index (κ3) is 5.57. The lowest BCUT2D eigenvalue weighted by Crippen LogP contribution is -2.49. The van der Waals surface area contributed by atoms with Crippen LogP contribution in [0.2, 0.25) is 0 Å². The van der Waals surface area contributed by atoms with Crippen LogP contribution >= 0.6 is 0 Å². The van der Waals surface area contributed by atoms with Crippen molar-refractivity contribution in [3.8, 4) is 11.5 Å². The molecule has 1 aliphatic rings. The van der Waals surface area contributed by atoms with E-state index in [1.165, 1.54) is 0 Å². The van der Waals surface area contributed by atoms with Crippen LogP contribution in [0.1, 0.15) is 54.7 Å². The van der Waals surface area contributed by atoms with E-state index in [9.17, 15) is 9.59 Å². The molecule has 1 aliphatic heterocycles. The normalized spacial score (nSPS) is 15.7. The summed E-state index contributed by atoms with van der Waals surface area (Å²) < 4.78 is 11.7. The minimum absolute atomic E-state index is 0.0648. The minimum atomic E-state index is -0.643. The molecule has 2 aromatic rings. The van der Waals surface area contributed by atoms with E-state index < -0.39 is 6.04 Å². The Hall–Kier alpha value is -3.02. The Bertz CT molecular complexity index is 937. The molecule has 1 unspecified atom stereocenters. The Labute approximate surface area is 184 Å². The van der Waals surface area contributed by atoms with Crippen molar-refractivity contribution in [3.05, 3.63) is 58.7 Å². The summed E-state index contributed by atoms with van der Waals surface area (Å²) in [6.45, 7) is 10.6. The van der Waals surface area contributed by atoms with E-state index in [4.69, 9.17) is 9.47 Å². The van der Waals surface area contributed by atoms with Gasteiger partial charge in [0.15, 0.2) is 0 Å². The van der Waals surface area contributed by atoms with Gasteiger partial charge in [0.2, 0.25) is 5.91 Å². The fourth-order valence-corrected chi connectivity index (χ4v) is 3.67. The summed E-state index contributed by atoms with van der Waals surface area (Å²) in [6.07, 6.45) is 0.985. The van der Waals surface area contributed by atoms with Crippen LogP contribution in [0.15, 0.2) is 36.4 Å². The molecule has 0 spiro atoms. The van der Waals surface area contributed by atoms with Crippen LogP contribution in [-0.4, -0.2) is 30.6 Å². The molecule has 1 heterocycles. The molecule has 0 saturated carbocycles. The van der Waals surface area contributed by atoms with Gasteiger partial charge in [-0.05, 0) is 51.0 Å². The highest BCUT2D eigenvalue weighted by Crippen LogP contribution is 2.35. The van der Waals surface area contributed by atoms with E-state index >= 15 is 0 Å². The largest absolute Gasteiger partial charge is 0.494 e. The van der Waals surface area contributed by atoms with Crippen molar-refractivity contribution in [1.29, 1.82) is 0 Å². The van der Waals surface area contributed by atoms with Gasteiger partial charge < -0.3 is 20.1 Å². The number of amides is 2. The van der Waals surface area contributed by atoms with Crippen molar-refractivity contribution < 1.29 is 19.1 Å². The molecule has 6 nitrogen and oxygen atoms in total. The number of fused-ring (bicyclic) bond motifs is 1. The van der Waals surface area contributed by atoms with Crippen molar-refractivity contribution in [2.75, 3.05) is 6.61 Å². The van der Waals surface area contributed by atoms with Gasteiger partial charge in [-0.1, -0.05) is 31.5 Å². The molecule has 2 amide bonds. The van der Waals surface area contributed by atoms with Crippen molar-refractivity contribution in [1.82, 2.24) is 10.6 Å². The zero-order chi connectivity index (χ0) is 22.5. The molecule has 3 rings (SSSR count). The predicted molar refractivity (Wildman–Crippen MR) is 121 cm³/mol. The summed E-state index contributed by atoms with van der Waals surface area (Å²) in [6, 6.07) is 10.6. The van der Waals surface area contributed by atoms with Crippen LogP contribution in [0.5, 0.6) is 11.5 Å². The van der Waals surface area contributed by atoms with Gasteiger partial charge in [-0.2, -0.15) is 0 Å². The Morgan fingerprint density at radius 2 is 1.90 bits per heavy atom. The molecular formula is C25H32N2O4. The van der Waals surface area contributed by atoms with Crippen LogP contribution in [-0.2, 0) is 17.8 Å². The van der Waals surface area contributed by atoms with Gasteiger partial charge in [-0.25, -0.2) is 0 Å². The van der Waals surface area contributed by atoms with Gasteiger partial charge in [0, 0.05) is 29.7 Å². The number of hydrogen-bond donors (Lipinski definition) is 2. The number of carbonyl (C=O) groups is 2. The van der Waals surface area contributed by atoms with Gasteiger partial charge in [0.1, 0.15) is 23.6 Å². The molecular weight excluding hydrogens is 392 g/mol. The maximum Gasteiger partial charge on any atom is 0.251 e. The molecule has 2 aromatic carbocycles. The fourth-order valence-electron chi connectivity index (χ4n) is 3.67. The Balaban J connectivity index is 1.69. The summed E-state index contributed by atoms with van der Waals surface area (Å²) in [4.78, 5) is 25.6. The van der Waals surface area contributed by atoms with Crippen molar-refractivity contribution in [2.45, 2.75) is 59.7 Å². The van der Waals surface area contributed by atoms with Crippen LogP contribution in [0.4, 0.5) is 0 Å². The molecule has 0 aromatic heterocycles. The number of rotatable bonds is 8. The summed E-state index contributed by atoms with van der Waals surface area (Å²) in [5.74, 6) is 1.04. The van der Waals surface area contributed by atoms with Gasteiger partial charge >= 0.3 is 0 Å². The molecule has 0 fully saturated rings. The number of ether oxygens (including phenoxy) is 2. The highest BCUT2D eigenvalue weighted by atomic mass is 16.5. The monoisotopic (exact) mass is 424 g/mol. The van der Waals surface area contributed by atoms with Crippen LogP contribution in [0.25, 0.3) is 0 Å². The molecule has 0 saturated heterocycles. The Kier molecular flexibility index (Phi) is 7.21. The first kappa shape index (κ1) is 22.7. The van der Waals surface area contributed by atoms with Crippen LogP contribution < -0.4 is 20.1 Å². The van der Waals surface area contributed by atoms with Crippen molar-refractivity contribution in [3.63, 3.8) is 0 Å². The first-order chi connectivity index (χ1) is 14.8. The molecule has 0 radical (unpaired) electrons.